The molecule has 90 valence electrons. The van der Waals surface area contributed by atoms with Crippen molar-refractivity contribution in [3.05, 3.63) is 10.4 Å². The van der Waals surface area contributed by atoms with Crippen LogP contribution in [0.15, 0.2) is 9.45 Å². The van der Waals surface area contributed by atoms with E-state index in [4.69, 9.17) is 5.53 Å². The molecule has 2 heterocycles. The van der Waals surface area contributed by atoms with E-state index in [1.165, 1.54) is 23.1 Å². The van der Waals surface area contributed by atoms with Gasteiger partial charge in [-0.3, -0.25) is 9.69 Å². The number of hydrogen-bond acceptors (Lipinski definition) is 6. The number of thioether (sulfide) groups is 1. The minimum absolute atomic E-state index is 0.0203. The van der Waals surface area contributed by atoms with Crippen LogP contribution in [0.1, 0.15) is 6.42 Å². The van der Waals surface area contributed by atoms with E-state index in [-0.39, 0.29) is 11.8 Å². The van der Waals surface area contributed by atoms with Crippen molar-refractivity contribution in [2.75, 3.05) is 24.2 Å². The zero-order chi connectivity index (χ0) is 12.3. The second-order valence-corrected chi connectivity index (χ2v) is 5.55. The van der Waals surface area contributed by atoms with Crippen molar-refractivity contribution in [1.82, 2.24) is 10.2 Å². The summed E-state index contributed by atoms with van der Waals surface area (Å²) in [5, 5.41) is 12.1. The van der Waals surface area contributed by atoms with Crippen molar-refractivity contribution < 1.29 is 4.79 Å². The number of carbonyl (C=O) groups excluding carboxylic acids is 1. The third kappa shape index (κ3) is 2.68. The highest BCUT2D eigenvalue weighted by Gasteiger charge is 2.32. The first kappa shape index (κ1) is 12.2. The van der Waals surface area contributed by atoms with Crippen LogP contribution < -0.4 is 4.90 Å². The molecule has 0 saturated carbocycles. The molecule has 1 unspecified atom stereocenters. The molecule has 0 N–H and O–H groups in total. The molecule has 1 saturated heterocycles. The van der Waals surface area contributed by atoms with Crippen LogP contribution in [0.2, 0.25) is 0 Å². The molecule has 0 spiro atoms. The van der Waals surface area contributed by atoms with Gasteiger partial charge in [0.1, 0.15) is 0 Å². The Labute approximate surface area is 106 Å². The molecule has 1 aromatic heterocycles. The summed E-state index contributed by atoms with van der Waals surface area (Å²) < 4.78 is 0.839. The average Bonchev–Trinajstić information content (AvgIpc) is 2.92. The highest BCUT2D eigenvalue weighted by molar-refractivity contribution is 8.00. The average molecular weight is 270 g/mol. The van der Waals surface area contributed by atoms with Gasteiger partial charge in [-0.15, -0.1) is 10.2 Å². The van der Waals surface area contributed by atoms with Gasteiger partial charge in [-0.1, -0.05) is 28.2 Å². The molecule has 1 aliphatic rings. The Morgan fingerprint density at radius 3 is 3.18 bits per heavy atom. The fourth-order valence-corrected chi connectivity index (χ4v) is 2.92. The first-order valence-electron chi connectivity index (χ1n) is 4.93. The van der Waals surface area contributed by atoms with Crippen LogP contribution in [-0.2, 0) is 4.79 Å². The summed E-state index contributed by atoms with van der Waals surface area (Å²) in [5.41, 5.74) is 8.25. The maximum absolute atomic E-state index is 11.8. The molecule has 1 amide bonds. The van der Waals surface area contributed by atoms with E-state index < -0.39 is 0 Å². The third-order valence-corrected chi connectivity index (χ3v) is 4.33. The lowest BCUT2D eigenvalue weighted by atomic mass is 10.1. The van der Waals surface area contributed by atoms with Gasteiger partial charge in [-0.05, 0) is 17.7 Å². The first-order chi connectivity index (χ1) is 8.24. The highest BCUT2D eigenvalue weighted by atomic mass is 32.2. The Morgan fingerprint density at radius 1 is 1.71 bits per heavy atom. The zero-order valence-electron chi connectivity index (χ0n) is 9.11. The number of amides is 1. The van der Waals surface area contributed by atoms with Crippen LogP contribution in [0.3, 0.4) is 0 Å². The molecule has 1 fully saturated rings. The van der Waals surface area contributed by atoms with E-state index in [9.17, 15) is 4.79 Å². The molecule has 1 aliphatic heterocycles. The molecule has 0 aliphatic carbocycles. The van der Waals surface area contributed by atoms with Gasteiger partial charge in [-0.25, -0.2) is 0 Å². The number of rotatable bonds is 4. The molecule has 1 atom stereocenters. The second-order valence-electron chi connectivity index (χ2n) is 3.54. The smallest absolute Gasteiger partial charge is 0.229 e. The van der Waals surface area contributed by atoms with Crippen molar-refractivity contribution in [2.24, 2.45) is 11.0 Å². The topological polar surface area (TPSA) is 94.8 Å². The van der Waals surface area contributed by atoms with E-state index in [2.05, 4.69) is 20.2 Å². The van der Waals surface area contributed by atoms with Crippen LogP contribution in [0.4, 0.5) is 5.13 Å². The van der Waals surface area contributed by atoms with Crippen molar-refractivity contribution in [1.29, 1.82) is 0 Å². The van der Waals surface area contributed by atoms with Gasteiger partial charge in [-0.2, -0.15) is 0 Å². The molecule has 0 radical (unpaired) electrons. The highest BCUT2D eigenvalue weighted by Crippen LogP contribution is 2.30. The molecule has 2 rings (SSSR count). The van der Waals surface area contributed by atoms with Crippen molar-refractivity contribution in [3.63, 3.8) is 0 Å². The van der Waals surface area contributed by atoms with Gasteiger partial charge >= 0.3 is 0 Å². The number of anilines is 1. The van der Waals surface area contributed by atoms with Gasteiger partial charge in [0.2, 0.25) is 11.0 Å². The van der Waals surface area contributed by atoms with Crippen molar-refractivity contribution >= 4 is 34.1 Å². The lowest BCUT2D eigenvalue weighted by molar-refractivity contribution is -0.117. The van der Waals surface area contributed by atoms with Crippen LogP contribution in [0.25, 0.3) is 10.4 Å². The van der Waals surface area contributed by atoms with Gasteiger partial charge < -0.3 is 0 Å². The fraction of sp³-hybridized carbons (Fsp3) is 0.625. The number of aromatic nitrogens is 2. The summed E-state index contributed by atoms with van der Waals surface area (Å²) >= 11 is 2.91. The zero-order valence-corrected chi connectivity index (χ0v) is 10.7. The maximum atomic E-state index is 11.8. The van der Waals surface area contributed by atoms with Gasteiger partial charge in [0.25, 0.3) is 0 Å². The molecule has 9 heteroatoms. The number of carbonyl (C=O) groups is 1. The summed E-state index contributed by atoms with van der Waals surface area (Å²) in [6, 6.07) is 0. The summed E-state index contributed by atoms with van der Waals surface area (Å²) in [5.74, 6) is 0.104. The predicted octanol–water partition coefficient (Wildman–Crippen LogP) is 1.92. The Kier molecular flexibility index (Phi) is 3.82. The number of nitrogens with zero attached hydrogens (tertiary/aromatic N) is 6. The summed E-state index contributed by atoms with van der Waals surface area (Å²) in [7, 11) is 0. The Bertz CT molecular complexity index is 468. The molecule has 0 aromatic carbocycles. The lowest BCUT2D eigenvalue weighted by Gasteiger charge is -2.10. The molecule has 17 heavy (non-hydrogen) atoms. The second kappa shape index (κ2) is 5.35. The largest absolute Gasteiger partial charge is 0.286 e. The fourth-order valence-electron chi connectivity index (χ4n) is 1.63. The molecular formula is C8H10N6OS2. The van der Waals surface area contributed by atoms with Gasteiger partial charge in [0.15, 0.2) is 4.34 Å². The minimum atomic E-state index is 0.0203. The van der Waals surface area contributed by atoms with Crippen LogP contribution in [0, 0.1) is 5.92 Å². The van der Waals surface area contributed by atoms with E-state index in [1.54, 1.807) is 4.90 Å². The molecule has 1 aromatic rings. The van der Waals surface area contributed by atoms with Crippen LogP contribution in [0.5, 0.6) is 0 Å². The van der Waals surface area contributed by atoms with Crippen molar-refractivity contribution in [3.8, 4) is 0 Å². The van der Waals surface area contributed by atoms with E-state index in [1.807, 2.05) is 6.26 Å². The van der Waals surface area contributed by atoms with Crippen molar-refractivity contribution in [2.45, 2.75) is 10.8 Å². The number of hydrogen-bond donors (Lipinski definition) is 0. The Hall–Kier alpha value is -1.31. The predicted molar refractivity (Wildman–Crippen MR) is 66.2 cm³/mol. The quantitative estimate of drug-likeness (QED) is 0.274. The van der Waals surface area contributed by atoms with E-state index in [0.29, 0.717) is 24.6 Å². The van der Waals surface area contributed by atoms with Gasteiger partial charge in [0, 0.05) is 24.4 Å². The van der Waals surface area contributed by atoms with E-state index >= 15 is 0 Å². The normalized spacial score (nSPS) is 19.5. The maximum Gasteiger partial charge on any atom is 0.229 e. The summed E-state index contributed by atoms with van der Waals surface area (Å²) in [4.78, 5) is 16.1. The Morgan fingerprint density at radius 2 is 2.53 bits per heavy atom. The minimum Gasteiger partial charge on any atom is -0.286 e. The monoisotopic (exact) mass is 270 g/mol. The van der Waals surface area contributed by atoms with Crippen LogP contribution in [-0.4, -0.2) is 35.4 Å². The molecule has 0 bridgehead atoms. The summed E-state index contributed by atoms with van der Waals surface area (Å²) in [6.07, 6.45) is 2.33. The number of azide groups is 1. The standard InChI is InChI=1S/C8H10N6OS2/c1-16-8-12-11-7(17-8)14-4-5(2-6(14)15)3-10-13-9/h5H,2-4H2,1H3. The van der Waals surface area contributed by atoms with Crippen LogP contribution >= 0.6 is 23.1 Å². The third-order valence-electron chi connectivity index (χ3n) is 2.41. The molecule has 7 nitrogen and oxygen atoms in total. The first-order valence-corrected chi connectivity index (χ1v) is 6.97. The molecular weight excluding hydrogens is 260 g/mol. The van der Waals surface area contributed by atoms with Gasteiger partial charge in [0.05, 0.1) is 0 Å². The summed E-state index contributed by atoms with van der Waals surface area (Å²) in [6.45, 7) is 0.911. The lowest BCUT2D eigenvalue weighted by Crippen LogP contribution is -2.24. The Balaban J connectivity index is 2.07. The SMILES string of the molecule is CSc1nnc(N2CC(CN=[N+]=[N-])CC2=O)s1. The van der Waals surface area contributed by atoms with E-state index in [0.717, 1.165) is 4.34 Å².